The third kappa shape index (κ3) is 1.88. The van der Waals surface area contributed by atoms with Gasteiger partial charge in [-0.05, 0) is 6.07 Å². The molecule has 0 saturated carbocycles. The lowest BCUT2D eigenvalue weighted by atomic mass is 10.4. The molecule has 6 heteroatoms. The highest BCUT2D eigenvalue weighted by molar-refractivity contribution is 5.83. The Labute approximate surface area is 85.8 Å². The van der Waals surface area contributed by atoms with Gasteiger partial charge in [0.1, 0.15) is 0 Å². The maximum absolute atomic E-state index is 10.8. The van der Waals surface area contributed by atoms with E-state index < -0.39 is 5.97 Å². The average Bonchev–Trinajstić information content (AvgIpc) is 2.75. The van der Waals surface area contributed by atoms with Crippen molar-refractivity contribution < 1.29 is 9.90 Å². The highest BCUT2D eigenvalue weighted by atomic mass is 16.4. The summed E-state index contributed by atoms with van der Waals surface area (Å²) < 4.78 is 3.22. The molecule has 2 aromatic heterocycles. The molecule has 2 heterocycles. The average molecular weight is 206 g/mol. The first kappa shape index (κ1) is 9.45. The number of imidazole rings is 1. The molecule has 2 aromatic rings. The van der Waals surface area contributed by atoms with Crippen molar-refractivity contribution in [3.8, 4) is 0 Å². The number of aryl methyl sites for hydroxylation is 1. The van der Waals surface area contributed by atoms with Crippen LogP contribution >= 0.6 is 0 Å². The smallest absolute Gasteiger partial charge is 0.372 e. The maximum Gasteiger partial charge on any atom is 0.372 e. The van der Waals surface area contributed by atoms with Crippen molar-refractivity contribution >= 4 is 5.97 Å². The molecule has 0 unspecified atom stereocenters. The molecule has 6 nitrogen and oxygen atoms in total. The Bertz CT molecular complexity index is 486. The molecule has 0 spiro atoms. The molecule has 0 amide bonds. The minimum Gasteiger partial charge on any atom is -0.475 e. The Balaban J connectivity index is 2.24. The van der Waals surface area contributed by atoms with Gasteiger partial charge in [0.25, 0.3) is 0 Å². The van der Waals surface area contributed by atoms with E-state index in [1.165, 1.54) is 6.20 Å². The van der Waals surface area contributed by atoms with Crippen LogP contribution in [0.5, 0.6) is 0 Å². The molecule has 0 aliphatic rings. The Morgan fingerprint density at radius 3 is 2.93 bits per heavy atom. The van der Waals surface area contributed by atoms with Crippen molar-refractivity contribution in [2.24, 2.45) is 7.05 Å². The number of hydrogen-bond donors (Lipinski definition) is 1. The fourth-order valence-corrected chi connectivity index (χ4v) is 1.36. The topological polar surface area (TPSA) is 72.9 Å². The van der Waals surface area contributed by atoms with Crippen LogP contribution in [0.25, 0.3) is 0 Å². The SMILES string of the molecule is Cn1ccc(Cn2ccnc2C(=O)O)n1. The summed E-state index contributed by atoms with van der Waals surface area (Å²) in [5.74, 6) is -1.00. The zero-order valence-corrected chi connectivity index (χ0v) is 8.16. The standard InChI is InChI=1S/C9H10N4O2/c1-12-4-2-7(11-12)6-13-5-3-10-8(13)9(14)15/h2-5H,6H2,1H3,(H,14,15). The van der Waals surface area contributed by atoms with E-state index in [-0.39, 0.29) is 5.82 Å². The summed E-state index contributed by atoms with van der Waals surface area (Å²) in [4.78, 5) is 14.5. The predicted octanol–water partition coefficient (Wildman–Crippen LogP) is 0.363. The van der Waals surface area contributed by atoms with Crippen LogP contribution in [0.1, 0.15) is 16.3 Å². The largest absolute Gasteiger partial charge is 0.475 e. The van der Waals surface area contributed by atoms with Gasteiger partial charge in [-0.3, -0.25) is 4.68 Å². The van der Waals surface area contributed by atoms with Crippen LogP contribution in [0.2, 0.25) is 0 Å². The lowest BCUT2D eigenvalue weighted by molar-refractivity contribution is 0.0679. The Kier molecular flexibility index (Phi) is 2.24. The minimum atomic E-state index is -1.03. The van der Waals surface area contributed by atoms with Crippen LogP contribution < -0.4 is 0 Å². The molecule has 0 fully saturated rings. The van der Waals surface area contributed by atoms with Gasteiger partial charge in [0, 0.05) is 25.6 Å². The first-order valence-electron chi connectivity index (χ1n) is 4.40. The van der Waals surface area contributed by atoms with E-state index in [0.717, 1.165) is 5.69 Å². The van der Waals surface area contributed by atoms with Crippen LogP contribution in [-0.2, 0) is 13.6 Å². The van der Waals surface area contributed by atoms with E-state index in [4.69, 9.17) is 5.11 Å². The van der Waals surface area contributed by atoms with Crippen molar-refractivity contribution in [2.75, 3.05) is 0 Å². The monoisotopic (exact) mass is 206 g/mol. The molecule has 0 bridgehead atoms. The van der Waals surface area contributed by atoms with E-state index in [1.54, 1.807) is 15.4 Å². The van der Waals surface area contributed by atoms with Crippen molar-refractivity contribution in [1.82, 2.24) is 19.3 Å². The van der Waals surface area contributed by atoms with Gasteiger partial charge in [-0.2, -0.15) is 5.10 Å². The number of aromatic carboxylic acids is 1. The second kappa shape index (κ2) is 3.56. The fraction of sp³-hybridized carbons (Fsp3) is 0.222. The summed E-state index contributed by atoms with van der Waals surface area (Å²) in [6.45, 7) is 0.419. The van der Waals surface area contributed by atoms with Gasteiger partial charge < -0.3 is 9.67 Å². The van der Waals surface area contributed by atoms with Crippen LogP contribution in [0.15, 0.2) is 24.7 Å². The summed E-state index contributed by atoms with van der Waals surface area (Å²) in [5.41, 5.74) is 0.804. The summed E-state index contributed by atoms with van der Waals surface area (Å²) in [6.07, 6.45) is 4.90. The molecular formula is C9H10N4O2. The zero-order valence-electron chi connectivity index (χ0n) is 8.16. The first-order chi connectivity index (χ1) is 7.16. The van der Waals surface area contributed by atoms with Crippen LogP contribution in [0, 0.1) is 0 Å². The number of carboxylic acid groups (broad SMARTS) is 1. The third-order valence-electron chi connectivity index (χ3n) is 2.01. The van der Waals surface area contributed by atoms with E-state index in [9.17, 15) is 4.79 Å². The van der Waals surface area contributed by atoms with E-state index in [0.29, 0.717) is 6.54 Å². The number of rotatable bonds is 3. The van der Waals surface area contributed by atoms with E-state index in [2.05, 4.69) is 10.1 Å². The van der Waals surface area contributed by atoms with E-state index in [1.807, 2.05) is 19.3 Å². The lowest BCUT2D eigenvalue weighted by Gasteiger charge is -2.01. The van der Waals surface area contributed by atoms with Gasteiger partial charge in [-0.15, -0.1) is 0 Å². The maximum atomic E-state index is 10.8. The van der Waals surface area contributed by atoms with Gasteiger partial charge in [0.05, 0.1) is 12.2 Å². The minimum absolute atomic E-state index is 0.0284. The highest BCUT2D eigenvalue weighted by Crippen LogP contribution is 2.03. The van der Waals surface area contributed by atoms with Crippen molar-refractivity contribution in [3.63, 3.8) is 0 Å². The van der Waals surface area contributed by atoms with Gasteiger partial charge in [-0.1, -0.05) is 0 Å². The van der Waals surface area contributed by atoms with Crippen LogP contribution in [-0.4, -0.2) is 30.4 Å². The van der Waals surface area contributed by atoms with Crippen molar-refractivity contribution in [1.29, 1.82) is 0 Å². The molecule has 0 aliphatic carbocycles. The molecule has 2 rings (SSSR count). The Morgan fingerprint density at radius 1 is 1.53 bits per heavy atom. The lowest BCUT2D eigenvalue weighted by Crippen LogP contribution is -2.10. The Morgan fingerprint density at radius 2 is 2.33 bits per heavy atom. The molecule has 0 radical (unpaired) electrons. The summed E-state index contributed by atoms with van der Waals surface area (Å²) in [5, 5.41) is 13.0. The second-order valence-corrected chi connectivity index (χ2v) is 3.16. The molecule has 0 saturated heterocycles. The number of carboxylic acids is 1. The van der Waals surface area contributed by atoms with Gasteiger partial charge in [0.15, 0.2) is 0 Å². The number of aromatic nitrogens is 4. The van der Waals surface area contributed by atoms with Gasteiger partial charge >= 0.3 is 5.97 Å². The molecule has 0 atom stereocenters. The zero-order chi connectivity index (χ0) is 10.8. The quantitative estimate of drug-likeness (QED) is 0.787. The number of hydrogen-bond acceptors (Lipinski definition) is 3. The van der Waals surface area contributed by atoms with Gasteiger partial charge in [0.2, 0.25) is 5.82 Å². The van der Waals surface area contributed by atoms with Crippen LogP contribution in [0.4, 0.5) is 0 Å². The molecule has 0 aliphatic heterocycles. The highest BCUT2D eigenvalue weighted by Gasteiger charge is 2.11. The van der Waals surface area contributed by atoms with Gasteiger partial charge in [-0.25, -0.2) is 9.78 Å². The number of carbonyl (C=O) groups is 1. The fourth-order valence-electron chi connectivity index (χ4n) is 1.36. The third-order valence-corrected chi connectivity index (χ3v) is 2.01. The first-order valence-corrected chi connectivity index (χ1v) is 4.40. The molecule has 1 N–H and O–H groups in total. The van der Waals surface area contributed by atoms with Crippen molar-refractivity contribution in [2.45, 2.75) is 6.54 Å². The van der Waals surface area contributed by atoms with Crippen LogP contribution in [0.3, 0.4) is 0 Å². The summed E-state index contributed by atoms with van der Waals surface area (Å²) >= 11 is 0. The Hall–Kier alpha value is -2.11. The molecule has 15 heavy (non-hydrogen) atoms. The second-order valence-electron chi connectivity index (χ2n) is 3.16. The molecular weight excluding hydrogens is 196 g/mol. The summed E-state index contributed by atoms with van der Waals surface area (Å²) in [6, 6.07) is 1.84. The number of nitrogens with zero attached hydrogens (tertiary/aromatic N) is 4. The van der Waals surface area contributed by atoms with E-state index >= 15 is 0 Å². The summed E-state index contributed by atoms with van der Waals surface area (Å²) in [7, 11) is 1.81. The predicted molar refractivity (Wildman–Crippen MR) is 51.5 cm³/mol. The van der Waals surface area contributed by atoms with Crippen molar-refractivity contribution in [3.05, 3.63) is 36.2 Å². The molecule has 0 aromatic carbocycles. The molecule has 78 valence electrons. The normalized spacial score (nSPS) is 10.5.